The van der Waals surface area contributed by atoms with Crippen molar-refractivity contribution in [3.63, 3.8) is 0 Å². The molecule has 0 aromatic heterocycles. The van der Waals surface area contributed by atoms with E-state index in [0.717, 1.165) is 11.8 Å². The Morgan fingerprint density at radius 1 is 1.44 bits per heavy atom. The van der Waals surface area contributed by atoms with Gasteiger partial charge in [0.2, 0.25) is 0 Å². The molecule has 3 fully saturated rings. The maximum atomic E-state index is 10.7. The van der Waals surface area contributed by atoms with Crippen LogP contribution < -0.4 is 0 Å². The zero-order valence-corrected chi connectivity index (χ0v) is 10.7. The third-order valence-electron chi connectivity index (χ3n) is 5.26. The van der Waals surface area contributed by atoms with E-state index in [0.29, 0.717) is 17.4 Å². The lowest BCUT2D eigenvalue weighted by atomic mass is 9.44. The van der Waals surface area contributed by atoms with Crippen molar-refractivity contribution in [3.05, 3.63) is 0 Å². The summed E-state index contributed by atoms with van der Waals surface area (Å²) in [6.07, 6.45) is 2.53. The summed E-state index contributed by atoms with van der Waals surface area (Å²) >= 11 is 0. The Labute approximate surface area is 97.8 Å². The molecule has 3 aliphatic rings. The van der Waals surface area contributed by atoms with Gasteiger partial charge in [-0.1, -0.05) is 20.8 Å². The van der Waals surface area contributed by atoms with Crippen LogP contribution in [-0.2, 0) is 4.79 Å². The van der Waals surface area contributed by atoms with Crippen molar-refractivity contribution in [1.29, 1.82) is 0 Å². The summed E-state index contributed by atoms with van der Waals surface area (Å²) in [5.74, 6) is 1.50. The number of carboxylic acids is 1. The predicted molar refractivity (Wildman–Crippen MR) is 63.2 cm³/mol. The quantitative estimate of drug-likeness (QED) is 0.799. The minimum atomic E-state index is -0.715. The van der Waals surface area contributed by atoms with Crippen LogP contribution in [0.5, 0.6) is 0 Å². The molecular formula is C13H23NO2. The van der Waals surface area contributed by atoms with Crippen LogP contribution in [0.15, 0.2) is 0 Å². The first-order valence-corrected chi connectivity index (χ1v) is 6.26. The van der Waals surface area contributed by atoms with E-state index in [1.165, 1.54) is 12.8 Å². The molecule has 4 unspecified atom stereocenters. The Morgan fingerprint density at radius 2 is 2.06 bits per heavy atom. The van der Waals surface area contributed by atoms with Crippen molar-refractivity contribution in [2.45, 2.75) is 39.7 Å². The highest BCUT2D eigenvalue weighted by molar-refractivity contribution is 5.69. The van der Waals surface area contributed by atoms with Crippen molar-refractivity contribution in [2.24, 2.45) is 23.2 Å². The van der Waals surface area contributed by atoms with Gasteiger partial charge in [-0.3, -0.25) is 9.69 Å². The van der Waals surface area contributed by atoms with Crippen molar-refractivity contribution in [2.75, 3.05) is 13.6 Å². The number of aliphatic carboxylic acids is 1. The molecule has 3 heteroatoms. The first-order valence-electron chi connectivity index (χ1n) is 6.26. The van der Waals surface area contributed by atoms with E-state index in [2.05, 4.69) is 20.8 Å². The Hall–Kier alpha value is -0.570. The number of hydrogen-bond donors (Lipinski definition) is 1. The zero-order valence-electron chi connectivity index (χ0n) is 10.7. The minimum Gasteiger partial charge on any atom is -0.480 e. The van der Waals surface area contributed by atoms with Gasteiger partial charge in [0.25, 0.3) is 0 Å². The van der Waals surface area contributed by atoms with Crippen molar-refractivity contribution in [3.8, 4) is 0 Å². The molecule has 0 aliphatic heterocycles. The second kappa shape index (κ2) is 3.73. The van der Waals surface area contributed by atoms with E-state index < -0.39 is 5.97 Å². The minimum absolute atomic E-state index is 0.175. The summed E-state index contributed by atoms with van der Waals surface area (Å²) in [7, 11) is 1.95. The van der Waals surface area contributed by atoms with Crippen molar-refractivity contribution < 1.29 is 9.90 Å². The molecule has 16 heavy (non-hydrogen) atoms. The molecule has 2 bridgehead atoms. The number of carbonyl (C=O) groups is 1. The van der Waals surface area contributed by atoms with Crippen LogP contribution in [-0.4, -0.2) is 35.6 Å². The summed E-state index contributed by atoms with van der Waals surface area (Å²) in [6, 6.07) is 0.466. The molecule has 1 N–H and O–H groups in total. The van der Waals surface area contributed by atoms with E-state index >= 15 is 0 Å². The molecule has 0 radical (unpaired) electrons. The van der Waals surface area contributed by atoms with Crippen LogP contribution in [0.1, 0.15) is 33.6 Å². The number of fused-ring (bicyclic) bond motifs is 2. The Balaban J connectivity index is 2.02. The van der Waals surface area contributed by atoms with Crippen LogP contribution >= 0.6 is 0 Å². The summed E-state index contributed by atoms with van der Waals surface area (Å²) in [4.78, 5) is 12.8. The highest BCUT2D eigenvalue weighted by Crippen LogP contribution is 2.61. The van der Waals surface area contributed by atoms with Crippen LogP contribution in [0.4, 0.5) is 0 Å². The summed E-state index contributed by atoms with van der Waals surface area (Å²) in [5, 5.41) is 8.84. The van der Waals surface area contributed by atoms with Crippen molar-refractivity contribution in [1.82, 2.24) is 4.90 Å². The molecule has 4 atom stereocenters. The van der Waals surface area contributed by atoms with E-state index in [1.807, 2.05) is 11.9 Å². The first kappa shape index (κ1) is 11.9. The lowest BCUT2D eigenvalue weighted by molar-refractivity contribution is -0.149. The summed E-state index contributed by atoms with van der Waals surface area (Å²) < 4.78 is 0. The maximum absolute atomic E-state index is 10.7. The molecular weight excluding hydrogens is 202 g/mol. The van der Waals surface area contributed by atoms with Gasteiger partial charge in [0.15, 0.2) is 0 Å². The monoisotopic (exact) mass is 225 g/mol. The Morgan fingerprint density at radius 3 is 2.50 bits per heavy atom. The number of hydrogen-bond acceptors (Lipinski definition) is 2. The fourth-order valence-electron chi connectivity index (χ4n) is 4.03. The molecule has 3 rings (SSSR count). The average molecular weight is 225 g/mol. The van der Waals surface area contributed by atoms with Crippen LogP contribution in [0.3, 0.4) is 0 Å². The highest BCUT2D eigenvalue weighted by atomic mass is 16.4. The smallest absolute Gasteiger partial charge is 0.317 e. The molecule has 0 aromatic rings. The summed E-state index contributed by atoms with van der Waals surface area (Å²) in [5.41, 5.74) is 0.486. The molecule has 3 saturated carbocycles. The van der Waals surface area contributed by atoms with Gasteiger partial charge in [0.1, 0.15) is 0 Å². The van der Waals surface area contributed by atoms with E-state index in [4.69, 9.17) is 5.11 Å². The van der Waals surface area contributed by atoms with E-state index in [-0.39, 0.29) is 6.54 Å². The second-order valence-electron chi connectivity index (χ2n) is 6.33. The molecule has 0 spiro atoms. The molecule has 3 nitrogen and oxygen atoms in total. The number of likely N-dealkylation sites (N-methyl/N-ethyl adjacent to an activating group) is 1. The predicted octanol–water partition coefficient (Wildman–Crippen LogP) is 2.07. The standard InChI is InChI=1S/C13H23NO2/c1-8-10-5-9(13(10,2)3)6-11(8)14(4)7-12(15)16/h8-11H,5-7H2,1-4H3,(H,15,16). The highest BCUT2D eigenvalue weighted by Gasteiger charge is 2.56. The number of nitrogens with zero attached hydrogens (tertiary/aromatic N) is 1. The maximum Gasteiger partial charge on any atom is 0.317 e. The normalized spacial score (nSPS) is 40.6. The molecule has 3 aliphatic carbocycles. The summed E-state index contributed by atoms with van der Waals surface area (Å²) in [6.45, 7) is 7.21. The van der Waals surface area contributed by atoms with Gasteiger partial charge in [0, 0.05) is 6.04 Å². The SMILES string of the molecule is CC1C(N(C)CC(=O)O)CC2CC1C2(C)C. The van der Waals surface area contributed by atoms with Gasteiger partial charge in [-0.15, -0.1) is 0 Å². The number of rotatable bonds is 3. The molecule has 0 aromatic carbocycles. The zero-order chi connectivity index (χ0) is 12.1. The number of carboxylic acid groups (broad SMARTS) is 1. The van der Waals surface area contributed by atoms with Gasteiger partial charge in [-0.25, -0.2) is 0 Å². The fraction of sp³-hybridized carbons (Fsp3) is 0.923. The molecule has 92 valence electrons. The third-order valence-corrected chi connectivity index (χ3v) is 5.26. The first-order chi connectivity index (χ1) is 7.34. The lowest BCUT2D eigenvalue weighted by Crippen LogP contribution is -2.60. The Bertz CT molecular complexity index is 300. The lowest BCUT2D eigenvalue weighted by Gasteiger charge is -2.63. The molecule has 0 saturated heterocycles. The van der Waals surface area contributed by atoms with E-state index in [1.54, 1.807) is 0 Å². The van der Waals surface area contributed by atoms with Crippen LogP contribution in [0.2, 0.25) is 0 Å². The topological polar surface area (TPSA) is 40.5 Å². The van der Waals surface area contributed by atoms with Gasteiger partial charge in [-0.2, -0.15) is 0 Å². The second-order valence-corrected chi connectivity index (χ2v) is 6.33. The van der Waals surface area contributed by atoms with Crippen molar-refractivity contribution >= 4 is 5.97 Å². The largest absolute Gasteiger partial charge is 0.480 e. The van der Waals surface area contributed by atoms with Gasteiger partial charge < -0.3 is 5.11 Å². The van der Waals surface area contributed by atoms with E-state index in [9.17, 15) is 4.79 Å². The third kappa shape index (κ3) is 1.65. The fourth-order valence-corrected chi connectivity index (χ4v) is 4.03. The van der Waals surface area contributed by atoms with Gasteiger partial charge >= 0.3 is 5.97 Å². The Kier molecular flexibility index (Phi) is 2.77. The average Bonchev–Trinajstić information content (AvgIpc) is 2.15. The van der Waals surface area contributed by atoms with Crippen LogP contribution in [0, 0.1) is 23.2 Å². The van der Waals surface area contributed by atoms with Gasteiger partial charge in [0.05, 0.1) is 6.54 Å². The van der Waals surface area contributed by atoms with Gasteiger partial charge in [-0.05, 0) is 43.1 Å². The van der Waals surface area contributed by atoms with Crippen LogP contribution in [0.25, 0.3) is 0 Å². The molecule has 0 amide bonds. The molecule has 0 heterocycles.